The van der Waals surface area contributed by atoms with Crippen LogP contribution in [0.5, 0.6) is 5.75 Å². The molecule has 0 radical (unpaired) electrons. The average molecular weight is 299 g/mol. The second-order valence-corrected chi connectivity index (χ2v) is 7.15. The van der Waals surface area contributed by atoms with E-state index in [1.165, 1.54) is 5.56 Å². The first-order valence-corrected chi connectivity index (χ1v) is 8.69. The monoisotopic (exact) mass is 299 g/mol. The highest BCUT2D eigenvalue weighted by Gasteiger charge is 2.12. The maximum atomic E-state index is 11.8. The van der Waals surface area contributed by atoms with Gasteiger partial charge in [0, 0.05) is 12.1 Å². The first-order chi connectivity index (χ1) is 9.39. The van der Waals surface area contributed by atoms with Gasteiger partial charge in [0.05, 0.1) is 12.9 Å². The van der Waals surface area contributed by atoms with Gasteiger partial charge >= 0.3 is 0 Å². The van der Waals surface area contributed by atoms with Crippen molar-refractivity contribution >= 4 is 10.0 Å². The van der Waals surface area contributed by atoms with Crippen LogP contribution in [0.4, 0.5) is 0 Å². The summed E-state index contributed by atoms with van der Waals surface area (Å²) in [6.45, 7) is 6.47. The lowest BCUT2D eigenvalue weighted by atomic mass is 10.0. The highest BCUT2D eigenvalue weighted by molar-refractivity contribution is 7.89. The van der Waals surface area contributed by atoms with Gasteiger partial charge in [0.15, 0.2) is 0 Å². The number of hydrogen-bond donors (Lipinski definition) is 1. The Balaban J connectivity index is 2.78. The molecular weight excluding hydrogens is 274 g/mol. The van der Waals surface area contributed by atoms with Gasteiger partial charge in [0.25, 0.3) is 0 Å². The zero-order valence-corrected chi connectivity index (χ0v) is 13.6. The van der Waals surface area contributed by atoms with E-state index in [-0.39, 0.29) is 12.3 Å². The lowest BCUT2D eigenvalue weighted by Crippen LogP contribution is -2.26. The Morgan fingerprint density at radius 2 is 2.00 bits per heavy atom. The quantitative estimate of drug-likeness (QED) is 0.802. The molecular formula is C15H25NO3S. The molecule has 0 spiro atoms. The molecule has 0 heterocycles. The van der Waals surface area contributed by atoms with Gasteiger partial charge in [0.2, 0.25) is 10.0 Å². The second kappa shape index (κ2) is 7.64. The summed E-state index contributed by atoms with van der Waals surface area (Å²) in [5.41, 5.74) is 2.04. The van der Waals surface area contributed by atoms with Gasteiger partial charge in [-0.05, 0) is 24.0 Å². The molecule has 1 N–H and O–H groups in total. The molecule has 0 aliphatic rings. The number of benzene rings is 1. The van der Waals surface area contributed by atoms with Crippen molar-refractivity contribution in [2.24, 2.45) is 0 Å². The SMILES string of the molecule is CCCCS(=O)(=O)NCc1ccc(C(C)C)cc1OC. The zero-order valence-electron chi connectivity index (χ0n) is 12.8. The van der Waals surface area contributed by atoms with Gasteiger partial charge in [-0.1, -0.05) is 39.3 Å². The van der Waals surface area contributed by atoms with Gasteiger partial charge in [-0.25, -0.2) is 13.1 Å². The first kappa shape index (κ1) is 17.0. The number of sulfonamides is 1. The summed E-state index contributed by atoms with van der Waals surface area (Å²) in [6, 6.07) is 5.92. The summed E-state index contributed by atoms with van der Waals surface area (Å²) in [6.07, 6.45) is 1.55. The Bertz CT molecular complexity index is 524. The van der Waals surface area contributed by atoms with Gasteiger partial charge in [-0.3, -0.25) is 0 Å². The number of rotatable bonds is 8. The summed E-state index contributed by atoms with van der Waals surface area (Å²) < 4.78 is 31.5. The normalized spacial score (nSPS) is 11.8. The predicted molar refractivity (Wildman–Crippen MR) is 82.6 cm³/mol. The van der Waals surface area contributed by atoms with Crippen LogP contribution in [0.1, 0.15) is 50.7 Å². The molecule has 0 amide bonds. The molecule has 1 rings (SSSR count). The topological polar surface area (TPSA) is 55.4 Å². The third-order valence-electron chi connectivity index (χ3n) is 3.23. The van der Waals surface area contributed by atoms with Crippen molar-refractivity contribution in [3.05, 3.63) is 29.3 Å². The van der Waals surface area contributed by atoms with E-state index in [4.69, 9.17) is 4.74 Å². The zero-order chi connectivity index (χ0) is 15.2. The molecule has 5 heteroatoms. The maximum Gasteiger partial charge on any atom is 0.211 e. The lowest BCUT2D eigenvalue weighted by molar-refractivity contribution is 0.408. The van der Waals surface area contributed by atoms with E-state index in [1.54, 1.807) is 7.11 Å². The molecule has 20 heavy (non-hydrogen) atoms. The molecule has 114 valence electrons. The van der Waals surface area contributed by atoms with Crippen molar-refractivity contribution in [3.63, 3.8) is 0 Å². The standard InChI is InChI=1S/C15H25NO3S/c1-5-6-9-20(17,18)16-11-14-8-7-13(12(2)3)10-15(14)19-4/h7-8,10,12,16H,5-6,9,11H2,1-4H3. The molecule has 0 fully saturated rings. The Kier molecular flexibility index (Phi) is 6.49. The molecule has 0 unspecified atom stereocenters. The van der Waals surface area contributed by atoms with Gasteiger partial charge in [-0.2, -0.15) is 0 Å². The van der Waals surface area contributed by atoms with E-state index < -0.39 is 10.0 Å². The third-order valence-corrected chi connectivity index (χ3v) is 4.64. The average Bonchev–Trinajstić information content (AvgIpc) is 2.42. The highest BCUT2D eigenvalue weighted by Crippen LogP contribution is 2.24. The van der Waals surface area contributed by atoms with Crippen molar-refractivity contribution in [2.75, 3.05) is 12.9 Å². The van der Waals surface area contributed by atoms with Crippen LogP contribution in [-0.2, 0) is 16.6 Å². The van der Waals surface area contributed by atoms with Crippen LogP contribution in [0, 0.1) is 0 Å². The fraction of sp³-hybridized carbons (Fsp3) is 0.600. The molecule has 4 nitrogen and oxygen atoms in total. The Hall–Kier alpha value is -1.07. The van der Waals surface area contributed by atoms with E-state index >= 15 is 0 Å². The van der Waals surface area contributed by atoms with E-state index in [0.29, 0.717) is 12.3 Å². The largest absolute Gasteiger partial charge is 0.496 e. The van der Waals surface area contributed by atoms with E-state index in [0.717, 1.165) is 17.7 Å². The molecule has 0 aromatic heterocycles. The third kappa shape index (κ3) is 5.13. The van der Waals surface area contributed by atoms with Crippen molar-refractivity contribution < 1.29 is 13.2 Å². The lowest BCUT2D eigenvalue weighted by Gasteiger charge is -2.13. The van der Waals surface area contributed by atoms with Crippen molar-refractivity contribution in [1.82, 2.24) is 4.72 Å². The summed E-state index contributed by atoms with van der Waals surface area (Å²) >= 11 is 0. The summed E-state index contributed by atoms with van der Waals surface area (Å²) in [4.78, 5) is 0. The second-order valence-electron chi connectivity index (χ2n) is 5.22. The molecule has 0 saturated heterocycles. The van der Waals surface area contributed by atoms with E-state index in [1.807, 2.05) is 25.1 Å². The van der Waals surface area contributed by atoms with E-state index in [9.17, 15) is 8.42 Å². The Labute approximate surface area is 122 Å². The van der Waals surface area contributed by atoms with Crippen LogP contribution >= 0.6 is 0 Å². The molecule has 1 aromatic rings. The maximum absolute atomic E-state index is 11.8. The molecule has 0 bridgehead atoms. The summed E-state index contributed by atoms with van der Waals surface area (Å²) in [5, 5.41) is 0. The van der Waals surface area contributed by atoms with Crippen molar-refractivity contribution in [3.8, 4) is 5.75 Å². The summed E-state index contributed by atoms with van der Waals surface area (Å²) in [7, 11) is -1.59. The molecule has 0 aliphatic carbocycles. The van der Waals surface area contributed by atoms with E-state index in [2.05, 4.69) is 18.6 Å². The molecule has 0 aliphatic heterocycles. The number of nitrogens with one attached hydrogen (secondary N) is 1. The fourth-order valence-corrected chi connectivity index (χ4v) is 3.05. The summed E-state index contributed by atoms with van der Waals surface area (Å²) in [5.74, 6) is 1.32. The number of methoxy groups -OCH3 is 1. The first-order valence-electron chi connectivity index (χ1n) is 7.03. The van der Waals surface area contributed by atoms with Crippen LogP contribution in [0.25, 0.3) is 0 Å². The number of hydrogen-bond acceptors (Lipinski definition) is 3. The van der Waals surface area contributed by atoms with Crippen LogP contribution in [0.15, 0.2) is 18.2 Å². The van der Waals surface area contributed by atoms with Crippen LogP contribution < -0.4 is 9.46 Å². The predicted octanol–water partition coefficient (Wildman–Crippen LogP) is 3.04. The molecule has 0 saturated carbocycles. The number of unbranched alkanes of at least 4 members (excludes halogenated alkanes) is 1. The highest BCUT2D eigenvalue weighted by atomic mass is 32.2. The smallest absolute Gasteiger partial charge is 0.211 e. The minimum Gasteiger partial charge on any atom is -0.496 e. The van der Waals surface area contributed by atoms with Gasteiger partial charge < -0.3 is 4.74 Å². The van der Waals surface area contributed by atoms with Crippen LogP contribution in [-0.4, -0.2) is 21.3 Å². The van der Waals surface area contributed by atoms with Crippen LogP contribution in [0.3, 0.4) is 0 Å². The minimum atomic E-state index is -3.20. The minimum absolute atomic E-state index is 0.176. The Morgan fingerprint density at radius 3 is 2.55 bits per heavy atom. The fourth-order valence-electron chi connectivity index (χ4n) is 1.86. The van der Waals surface area contributed by atoms with Crippen LogP contribution in [0.2, 0.25) is 0 Å². The number of ether oxygens (including phenoxy) is 1. The molecule has 0 atom stereocenters. The Morgan fingerprint density at radius 1 is 1.30 bits per heavy atom. The molecule has 1 aromatic carbocycles. The van der Waals surface area contributed by atoms with Gasteiger partial charge in [-0.15, -0.1) is 0 Å². The van der Waals surface area contributed by atoms with Gasteiger partial charge in [0.1, 0.15) is 5.75 Å². The van der Waals surface area contributed by atoms with Crippen molar-refractivity contribution in [2.45, 2.75) is 46.1 Å². The van der Waals surface area contributed by atoms with Crippen molar-refractivity contribution in [1.29, 1.82) is 0 Å².